The van der Waals surface area contributed by atoms with Gasteiger partial charge >= 0.3 is 11.4 Å². The topological polar surface area (TPSA) is 46.5 Å². The summed E-state index contributed by atoms with van der Waals surface area (Å²) in [6.07, 6.45) is 7.36. The molecule has 3 nitrogen and oxygen atoms in total. The van der Waals surface area contributed by atoms with Gasteiger partial charge in [0.25, 0.3) is 0 Å². The largest absolute Gasteiger partial charge is 0.302 e. The van der Waals surface area contributed by atoms with Crippen LogP contribution >= 0.6 is 0 Å². The molecule has 0 saturated carbocycles. The van der Waals surface area contributed by atoms with E-state index in [-0.39, 0.29) is 6.10 Å². The Kier molecular flexibility index (Phi) is 9.67. The summed E-state index contributed by atoms with van der Waals surface area (Å²) in [4.78, 5) is 0. The molecule has 0 aliphatic rings. The molecule has 1 N–H and O–H groups in total. The van der Waals surface area contributed by atoms with Crippen LogP contribution in [0.4, 0.5) is 0 Å². The van der Waals surface area contributed by atoms with E-state index in [9.17, 15) is 4.21 Å². The molecular weight excluding hydrogens is 200 g/mol. The molecule has 0 spiro atoms. The van der Waals surface area contributed by atoms with Crippen molar-refractivity contribution in [3.05, 3.63) is 0 Å². The summed E-state index contributed by atoms with van der Waals surface area (Å²) in [6.45, 7) is 4.26. The van der Waals surface area contributed by atoms with Gasteiger partial charge in [0.1, 0.15) is 0 Å². The fourth-order valence-electron chi connectivity index (χ4n) is 1.41. The van der Waals surface area contributed by atoms with E-state index >= 15 is 0 Å². The Morgan fingerprint density at radius 1 is 1.14 bits per heavy atom. The second-order valence-corrected chi connectivity index (χ2v) is 4.20. The number of hydrogen-bond donors (Lipinski definition) is 1. The van der Waals surface area contributed by atoms with Gasteiger partial charge in [0.05, 0.1) is 6.10 Å². The van der Waals surface area contributed by atoms with Crippen LogP contribution in [0.15, 0.2) is 0 Å². The van der Waals surface area contributed by atoms with Crippen molar-refractivity contribution >= 4 is 11.4 Å². The summed E-state index contributed by atoms with van der Waals surface area (Å²) < 4.78 is 24.0. The molecule has 4 heteroatoms. The van der Waals surface area contributed by atoms with Crippen LogP contribution in [-0.4, -0.2) is 14.9 Å². The maximum Gasteiger partial charge on any atom is 0.302 e. The van der Waals surface area contributed by atoms with E-state index in [0.717, 1.165) is 32.1 Å². The zero-order chi connectivity index (χ0) is 10.8. The molecule has 0 fully saturated rings. The Balaban J connectivity index is 3.66. The van der Waals surface area contributed by atoms with Crippen molar-refractivity contribution in [2.45, 2.75) is 64.9 Å². The van der Waals surface area contributed by atoms with Crippen LogP contribution in [0.25, 0.3) is 0 Å². The average Bonchev–Trinajstić information content (AvgIpc) is 2.13. The van der Waals surface area contributed by atoms with Gasteiger partial charge in [-0.25, -0.2) is 0 Å². The summed E-state index contributed by atoms with van der Waals surface area (Å²) in [5.74, 6) is 0. The van der Waals surface area contributed by atoms with E-state index in [1.54, 1.807) is 0 Å². The van der Waals surface area contributed by atoms with Gasteiger partial charge in [-0.2, -0.15) is 4.21 Å². The second kappa shape index (κ2) is 9.62. The molecule has 0 aliphatic heterocycles. The van der Waals surface area contributed by atoms with Crippen molar-refractivity contribution in [1.82, 2.24) is 0 Å². The van der Waals surface area contributed by atoms with E-state index in [4.69, 9.17) is 8.74 Å². The first kappa shape index (κ1) is 14.1. The van der Waals surface area contributed by atoms with Crippen LogP contribution < -0.4 is 0 Å². The molecule has 14 heavy (non-hydrogen) atoms. The van der Waals surface area contributed by atoms with Crippen molar-refractivity contribution in [3.8, 4) is 0 Å². The summed E-state index contributed by atoms with van der Waals surface area (Å²) in [6, 6.07) is 0. The van der Waals surface area contributed by atoms with Gasteiger partial charge in [0.2, 0.25) is 0 Å². The normalized spacial score (nSPS) is 15.4. The van der Waals surface area contributed by atoms with E-state index in [2.05, 4.69) is 13.8 Å². The molecule has 0 aromatic heterocycles. The lowest BCUT2D eigenvalue weighted by Gasteiger charge is -2.13. The smallest absolute Gasteiger partial charge is 0.284 e. The maximum absolute atomic E-state index is 10.5. The molecular formula is C10H22O3S. The fourth-order valence-corrected chi connectivity index (χ4v) is 1.84. The molecule has 0 heterocycles. The minimum absolute atomic E-state index is 0.0349. The summed E-state index contributed by atoms with van der Waals surface area (Å²) in [5.41, 5.74) is 0. The first-order chi connectivity index (χ1) is 6.70. The summed E-state index contributed by atoms with van der Waals surface area (Å²) >= 11 is -2.10. The molecule has 0 rings (SSSR count). The Bertz CT molecular complexity index is 150. The first-order valence-electron chi connectivity index (χ1n) is 5.48. The van der Waals surface area contributed by atoms with E-state index < -0.39 is 11.4 Å². The van der Waals surface area contributed by atoms with Gasteiger partial charge in [-0.15, -0.1) is 0 Å². The van der Waals surface area contributed by atoms with E-state index in [0.29, 0.717) is 0 Å². The third-order valence-electron chi connectivity index (χ3n) is 2.23. The van der Waals surface area contributed by atoms with Crippen molar-refractivity contribution in [1.29, 1.82) is 0 Å². The van der Waals surface area contributed by atoms with E-state index in [1.807, 2.05) is 0 Å². The monoisotopic (exact) mass is 222 g/mol. The van der Waals surface area contributed by atoms with Crippen LogP contribution in [0, 0.1) is 0 Å². The Morgan fingerprint density at radius 3 is 2.21 bits per heavy atom. The van der Waals surface area contributed by atoms with Gasteiger partial charge in [0, 0.05) is 0 Å². The highest BCUT2D eigenvalue weighted by Crippen LogP contribution is 2.14. The van der Waals surface area contributed by atoms with Crippen molar-refractivity contribution in [3.63, 3.8) is 0 Å². The van der Waals surface area contributed by atoms with Crippen molar-refractivity contribution in [2.24, 2.45) is 0 Å². The molecule has 0 aliphatic carbocycles. The molecule has 0 saturated heterocycles. The van der Waals surface area contributed by atoms with Gasteiger partial charge in [-0.05, 0) is 12.8 Å². The molecule has 0 aromatic rings. The van der Waals surface area contributed by atoms with Gasteiger partial charge in [-0.3, -0.25) is 8.74 Å². The minimum Gasteiger partial charge on any atom is -0.284 e. The van der Waals surface area contributed by atoms with Gasteiger partial charge < -0.3 is 0 Å². The standard InChI is InChI=1S/C10H22O3S/c1-3-5-7-9-10(8-6-4-2)13-14(11)12/h10H,3-9H2,1-2H3,(H,11,12). The zero-order valence-corrected chi connectivity index (χ0v) is 10.0. The van der Waals surface area contributed by atoms with Crippen LogP contribution in [-0.2, 0) is 15.5 Å². The highest BCUT2D eigenvalue weighted by molar-refractivity contribution is 7.74. The predicted molar refractivity (Wildman–Crippen MR) is 59.3 cm³/mol. The van der Waals surface area contributed by atoms with Crippen LogP contribution in [0.3, 0.4) is 0 Å². The van der Waals surface area contributed by atoms with Gasteiger partial charge in [-0.1, -0.05) is 46.0 Å². The molecule has 0 radical (unpaired) electrons. The Morgan fingerprint density at radius 2 is 1.71 bits per heavy atom. The lowest BCUT2D eigenvalue weighted by Crippen LogP contribution is -2.14. The van der Waals surface area contributed by atoms with Crippen LogP contribution in [0.5, 0.6) is 0 Å². The highest BCUT2D eigenvalue weighted by atomic mass is 32.2. The van der Waals surface area contributed by atoms with Crippen molar-refractivity contribution in [2.75, 3.05) is 0 Å². The third kappa shape index (κ3) is 8.66. The first-order valence-corrected chi connectivity index (χ1v) is 6.51. The molecule has 2 unspecified atom stereocenters. The predicted octanol–water partition coefficient (Wildman–Crippen LogP) is 3.28. The zero-order valence-electron chi connectivity index (χ0n) is 9.20. The second-order valence-electron chi connectivity index (χ2n) is 3.57. The van der Waals surface area contributed by atoms with Crippen molar-refractivity contribution < 1.29 is 12.9 Å². The molecule has 0 bridgehead atoms. The van der Waals surface area contributed by atoms with Crippen LogP contribution in [0.2, 0.25) is 0 Å². The van der Waals surface area contributed by atoms with E-state index in [1.165, 1.54) is 12.8 Å². The SMILES string of the molecule is CCCCCC(CCCC)OS(=O)O. The Hall–Kier alpha value is 0.0700. The number of rotatable bonds is 9. The molecule has 0 amide bonds. The highest BCUT2D eigenvalue weighted by Gasteiger charge is 2.11. The van der Waals surface area contributed by atoms with Gasteiger partial charge in [0.15, 0.2) is 0 Å². The molecule has 2 atom stereocenters. The average molecular weight is 222 g/mol. The minimum atomic E-state index is -2.10. The maximum atomic E-state index is 10.5. The molecule has 86 valence electrons. The van der Waals surface area contributed by atoms with Crippen LogP contribution in [0.1, 0.15) is 58.8 Å². The third-order valence-corrected chi connectivity index (χ3v) is 2.66. The number of unbranched alkanes of at least 4 members (excludes halogenated alkanes) is 3. The quantitative estimate of drug-likeness (QED) is 0.481. The Labute approximate surface area is 89.7 Å². The number of hydrogen-bond acceptors (Lipinski definition) is 2. The lowest BCUT2D eigenvalue weighted by atomic mass is 10.1. The molecule has 0 aromatic carbocycles. The fraction of sp³-hybridized carbons (Fsp3) is 1.00. The lowest BCUT2D eigenvalue weighted by molar-refractivity contribution is 0.177. The summed E-state index contributed by atoms with van der Waals surface area (Å²) in [5, 5.41) is 0. The summed E-state index contributed by atoms with van der Waals surface area (Å²) in [7, 11) is 0.